The largest absolute Gasteiger partial charge is 0.417 e. The molecule has 3 aromatic heterocycles. The Morgan fingerprint density at radius 2 is 1.94 bits per heavy atom. The first-order chi connectivity index (χ1) is 17.5. The molecule has 3 N–H and O–H groups in total. The van der Waals surface area contributed by atoms with Gasteiger partial charge in [0.1, 0.15) is 11.6 Å². The highest BCUT2D eigenvalue weighted by Gasteiger charge is 2.30. The smallest absolute Gasteiger partial charge is 0.408 e. The summed E-state index contributed by atoms with van der Waals surface area (Å²) in [6.07, 6.45) is 6.39. The van der Waals surface area contributed by atoms with E-state index in [0.717, 1.165) is 48.3 Å². The molecule has 1 aliphatic carbocycles. The maximum Gasteiger partial charge on any atom is 0.417 e. The fraction of sp³-hybridized carbons (Fsp3) is 0.385. The number of aromatic nitrogens is 4. The van der Waals surface area contributed by atoms with Crippen molar-refractivity contribution in [3.8, 4) is 0 Å². The van der Waals surface area contributed by atoms with Gasteiger partial charge in [-0.2, -0.15) is 4.98 Å². The van der Waals surface area contributed by atoms with Crippen LogP contribution in [0.1, 0.15) is 25.3 Å². The predicted octanol–water partition coefficient (Wildman–Crippen LogP) is 4.02. The second kappa shape index (κ2) is 9.27. The van der Waals surface area contributed by atoms with E-state index in [2.05, 4.69) is 48.4 Å². The number of hydrogen-bond donors (Lipinski definition) is 3. The number of aromatic amines is 1. The van der Waals surface area contributed by atoms with Gasteiger partial charge in [-0.25, -0.2) is 14.8 Å². The van der Waals surface area contributed by atoms with Gasteiger partial charge >= 0.3 is 5.76 Å². The number of rotatable bonds is 7. The Morgan fingerprint density at radius 1 is 1.08 bits per heavy atom. The van der Waals surface area contributed by atoms with Crippen LogP contribution in [0.25, 0.3) is 11.1 Å². The van der Waals surface area contributed by atoms with Gasteiger partial charge in [0.2, 0.25) is 5.95 Å². The molecular formula is C26H30N8O2. The number of pyridine rings is 1. The summed E-state index contributed by atoms with van der Waals surface area (Å²) in [5, 5.41) is 6.54. The van der Waals surface area contributed by atoms with E-state index < -0.39 is 5.76 Å². The first-order valence-electron chi connectivity index (χ1n) is 12.5. The summed E-state index contributed by atoms with van der Waals surface area (Å²) in [6, 6.07) is 10.0. The Labute approximate surface area is 208 Å². The van der Waals surface area contributed by atoms with Crippen molar-refractivity contribution in [2.75, 3.05) is 41.7 Å². The van der Waals surface area contributed by atoms with E-state index in [9.17, 15) is 4.79 Å². The van der Waals surface area contributed by atoms with Crippen molar-refractivity contribution in [3.05, 3.63) is 58.8 Å². The molecule has 6 rings (SSSR count). The van der Waals surface area contributed by atoms with Crippen LogP contribution in [-0.2, 0) is 0 Å². The molecule has 0 amide bonds. The summed E-state index contributed by atoms with van der Waals surface area (Å²) < 4.78 is 5.07. The lowest BCUT2D eigenvalue weighted by Crippen LogP contribution is -2.52. The number of oxazole rings is 1. The summed E-state index contributed by atoms with van der Waals surface area (Å²) >= 11 is 0. The Hall–Kier alpha value is -3.92. The van der Waals surface area contributed by atoms with E-state index in [1.54, 1.807) is 12.3 Å². The number of hydrogen-bond acceptors (Lipinski definition) is 9. The summed E-state index contributed by atoms with van der Waals surface area (Å²) in [6.45, 7) is 8.60. The van der Waals surface area contributed by atoms with E-state index >= 15 is 0 Å². The zero-order valence-corrected chi connectivity index (χ0v) is 20.5. The van der Waals surface area contributed by atoms with Gasteiger partial charge in [0.25, 0.3) is 0 Å². The molecule has 10 heteroatoms. The summed E-state index contributed by atoms with van der Waals surface area (Å²) in [5.74, 6) is 2.58. The number of piperazine rings is 1. The quantitative estimate of drug-likeness (QED) is 0.356. The molecular weight excluding hydrogens is 456 g/mol. The van der Waals surface area contributed by atoms with Crippen LogP contribution in [0.3, 0.4) is 0 Å². The molecule has 186 valence electrons. The molecule has 36 heavy (non-hydrogen) atoms. The monoisotopic (exact) mass is 486 g/mol. The van der Waals surface area contributed by atoms with Gasteiger partial charge in [0.15, 0.2) is 5.58 Å². The van der Waals surface area contributed by atoms with E-state index in [0.29, 0.717) is 28.9 Å². The van der Waals surface area contributed by atoms with Gasteiger partial charge in [-0.1, -0.05) is 0 Å². The highest BCUT2D eigenvalue weighted by molar-refractivity contribution is 5.78. The zero-order valence-electron chi connectivity index (χ0n) is 20.5. The fourth-order valence-electron chi connectivity index (χ4n) is 4.68. The molecule has 1 saturated carbocycles. The average molecular weight is 487 g/mol. The second-order valence-corrected chi connectivity index (χ2v) is 9.84. The Kier molecular flexibility index (Phi) is 5.80. The highest BCUT2D eigenvalue weighted by Crippen LogP contribution is 2.31. The standard InChI is InChI=1S/C26H30N8O2/c1-16-12-28-25(32-24(16)29-19-5-7-22-21(11-19)31-26(35)36-22)30-20-6-8-23(27-13-20)34-10-9-33(17(2)14-34)15-18-3-4-18/h5-8,11-13,17-18H,3-4,9-10,14-15H2,1-2H3,(H,31,35)(H2,28,29,30,32). The first kappa shape index (κ1) is 22.5. The molecule has 1 unspecified atom stereocenters. The van der Waals surface area contributed by atoms with Gasteiger partial charge in [0.05, 0.1) is 17.4 Å². The molecule has 0 spiro atoms. The Balaban J connectivity index is 1.11. The van der Waals surface area contributed by atoms with Crippen molar-refractivity contribution in [1.82, 2.24) is 24.8 Å². The molecule has 2 fully saturated rings. The average Bonchev–Trinajstić information content (AvgIpc) is 3.61. The van der Waals surface area contributed by atoms with Crippen LogP contribution in [-0.4, -0.2) is 57.1 Å². The third-order valence-corrected chi connectivity index (χ3v) is 6.94. The normalized spacial score (nSPS) is 18.5. The number of H-pyrrole nitrogens is 1. The molecule has 1 saturated heterocycles. The molecule has 1 aliphatic heterocycles. The summed E-state index contributed by atoms with van der Waals surface area (Å²) in [7, 11) is 0. The molecule has 1 atom stereocenters. The molecule has 10 nitrogen and oxygen atoms in total. The van der Waals surface area contributed by atoms with Gasteiger partial charge in [-0.15, -0.1) is 0 Å². The minimum Gasteiger partial charge on any atom is -0.408 e. The molecule has 2 aliphatic rings. The fourth-order valence-corrected chi connectivity index (χ4v) is 4.68. The summed E-state index contributed by atoms with van der Waals surface area (Å²) in [5.41, 5.74) is 3.64. The molecule has 0 bridgehead atoms. The molecule has 4 aromatic rings. The number of nitrogens with one attached hydrogen (secondary N) is 3. The number of aryl methyl sites for hydroxylation is 1. The lowest BCUT2D eigenvalue weighted by molar-refractivity contribution is 0.181. The van der Waals surface area contributed by atoms with E-state index in [1.165, 1.54) is 19.4 Å². The van der Waals surface area contributed by atoms with Gasteiger partial charge < -0.3 is 20.0 Å². The third kappa shape index (κ3) is 4.90. The van der Waals surface area contributed by atoms with Crippen LogP contribution >= 0.6 is 0 Å². The zero-order chi connectivity index (χ0) is 24.6. The Morgan fingerprint density at radius 3 is 2.72 bits per heavy atom. The van der Waals surface area contributed by atoms with Crippen LogP contribution in [0.15, 0.2) is 51.9 Å². The minimum absolute atomic E-state index is 0.470. The predicted molar refractivity (Wildman–Crippen MR) is 140 cm³/mol. The SMILES string of the molecule is Cc1cnc(Nc2ccc(N3CCN(CC4CC4)C(C)C3)nc2)nc1Nc1ccc2oc(=O)[nH]c2c1. The number of fused-ring (bicyclic) bond motifs is 1. The van der Waals surface area contributed by atoms with Crippen molar-refractivity contribution in [1.29, 1.82) is 0 Å². The van der Waals surface area contributed by atoms with E-state index in [4.69, 9.17) is 9.40 Å². The lowest BCUT2D eigenvalue weighted by atomic mass is 10.1. The van der Waals surface area contributed by atoms with Crippen LogP contribution in [0, 0.1) is 12.8 Å². The van der Waals surface area contributed by atoms with Crippen LogP contribution in [0.5, 0.6) is 0 Å². The van der Waals surface area contributed by atoms with Gasteiger partial charge in [-0.3, -0.25) is 9.88 Å². The van der Waals surface area contributed by atoms with Crippen molar-refractivity contribution in [2.24, 2.45) is 5.92 Å². The van der Waals surface area contributed by atoms with E-state index in [1.807, 2.05) is 31.3 Å². The topological polar surface area (TPSA) is 115 Å². The Bertz CT molecular complexity index is 1430. The number of nitrogens with zero attached hydrogens (tertiary/aromatic N) is 5. The maximum absolute atomic E-state index is 11.4. The van der Waals surface area contributed by atoms with E-state index in [-0.39, 0.29) is 0 Å². The number of benzene rings is 1. The van der Waals surface area contributed by atoms with Crippen molar-refractivity contribution >= 4 is 40.1 Å². The second-order valence-electron chi connectivity index (χ2n) is 9.84. The lowest BCUT2D eigenvalue weighted by Gasteiger charge is -2.40. The van der Waals surface area contributed by atoms with Crippen molar-refractivity contribution < 1.29 is 4.42 Å². The van der Waals surface area contributed by atoms with Crippen molar-refractivity contribution in [3.63, 3.8) is 0 Å². The summed E-state index contributed by atoms with van der Waals surface area (Å²) in [4.78, 5) is 32.8. The molecule has 0 radical (unpaired) electrons. The van der Waals surface area contributed by atoms with Crippen LogP contribution in [0.4, 0.5) is 29.0 Å². The van der Waals surface area contributed by atoms with Gasteiger partial charge in [-0.05, 0) is 62.9 Å². The van der Waals surface area contributed by atoms with Crippen molar-refractivity contribution in [2.45, 2.75) is 32.7 Å². The van der Waals surface area contributed by atoms with Crippen LogP contribution in [0.2, 0.25) is 0 Å². The minimum atomic E-state index is -0.475. The molecule has 4 heterocycles. The van der Waals surface area contributed by atoms with Crippen LogP contribution < -0.4 is 21.3 Å². The maximum atomic E-state index is 11.4. The third-order valence-electron chi connectivity index (χ3n) is 6.94. The molecule has 1 aromatic carbocycles. The first-order valence-corrected chi connectivity index (χ1v) is 12.5. The van der Waals surface area contributed by atoms with Gasteiger partial charge in [0, 0.05) is 49.7 Å². The highest BCUT2D eigenvalue weighted by atomic mass is 16.4. The number of anilines is 5.